The molecule has 0 aliphatic carbocycles. The van der Waals surface area contributed by atoms with E-state index in [9.17, 15) is 14.9 Å². The zero-order valence-corrected chi connectivity index (χ0v) is 12.7. The number of hydrogen-bond donors (Lipinski definition) is 0. The Morgan fingerprint density at radius 2 is 2.00 bits per heavy atom. The first-order valence-corrected chi connectivity index (χ1v) is 7.36. The van der Waals surface area contributed by atoms with Gasteiger partial charge in [-0.2, -0.15) is 0 Å². The van der Waals surface area contributed by atoms with E-state index in [1.807, 2.05) is 0 Å². The maximum atomic E-state index is 12.4. The smallest absolute Gasteiger partial charge is 0.287 e. The fourth-order valence-electron chi connectivity index (χ4n) is 2.46. The average molecular weight is 312 g/mol. The summed E-state index contributed by atoms with van der Waals surface area (Å²) in [5, 5.41) is 10.7. The van der Waals surface area contributed by atoms with E-state index in [4.69, 9.17) is 11.6 Å². The molecule has 1 aliphatic rings. The number of amides is 1. The highest BCUT2D eigenvalue weighted by atomic mass is 35.5. The predicted molar refractivity (Wildman–Crippen MR) is 80.7 cm³/mol. The number of nitro benzene ring substituents is 1. The Morgan fingerprint density at radius 1 is 1.33 bits per heavy atom. The van der Waals surface area contributed by atoms with E-state index in [0.29, 0.717) is 18.7 Å². The van der Waals surface area contributed by atoms with Gasteiger partial charge in [-0.3, -0.25) is 19.8 Å². The molecule has 0 bridgehead atoms. The molecule has 0 N–H and O–H groups in total. The Labute approximate surface area is 128 Å². The lowest BCUT2D eigenvalue weighted by molar-refractivity contribution is -0.384. The summed E-state index contributed by atoms with van der Waals surface area (Å²) in [4.78, 5) is 26.6. The van der Waals surface area contributed by atoms with Crippen LogP contribution in [0.3, 0.4) is 0 Å². The largest absolute Gasteiger partial charge is 0.336 e. The summed E-state index contributed by atoms with van der Waals surface area (Å²) in [6, 6.07) is 4.12. The second kappa shape index (κ2) is 6.87. The minimum Gasteiger partial charge on any atom is -0.336 e. The molecule has 1 heterocycles. The van der Waals surface area contributed by atoms with Crippen LogP contribution in [0.2, 0.25) is 5.02 Å². The van der Waals surface area contributed by atoms with Crippen molar-refractivity contribution in [1.29, 1.82) is 0 Å². The van der Waals surface area contributed by atoms with Crippen LogP contribution >= 0.6 is 11.6 Å². The third-order valence-electron chi connectivity index (χ3n) is 3.59. The van der Waals surface area contributed by atoms with Crippen LogP contribution in [0.25, 0.3) is 0 Å². The minimum absolute atomic E-state index is 0.00420. The van der Waals surface area contributed by atoms with Gasteiger partial charge in [0, 0.05) is 37.8 Å². The van der Waals surface area contributed by atoms with Crippen LogP contribution in [0, 0.1) is 10.1 Å². The Kier molecular flexibility index (Phi) is 5.14. The molecule has 0 atom stereocenters. The fourth-order valence-corrected chi connectivity index (χ4v) is 2.71. The van der Waals surface area contributed by atoms with Crippen molar-refractivity contribution >= 4 is 23.2 Å². The first kappa shape index (κ1) is 15.7. The van der Waals surface area contributed by atoms with E-state index in [1.165, 1.54) is 18.2 Å². The first-order valence-electron chi connectivity index (χ1n) is 6.98. The molecular weight excluding hydrogens is 294 g/mol. The van der Waals surface area contributed by atoms with Crippen LogP contribution < -0.4 is 0 Å². The van der Waals surface area contributed by atoms with Crippen LogP contribution in [0.5, 0.6) is 0 Å². The van der Waals surface area contributed by atoms with Crippen molar-refractivity contribution < 1.29 is 9.72 Å². The highest BCUT2D eigenvalue weighted by Gasteiger charge is 2.23. The van der Waals surface area contributed by atoms with Crippen molar-refractivity contribution in [2.45, 2.75) is 13.3 Å². The van der Waals surface area contributed by atoms with Crippen LogP contribution in [0.4, 0.5) is 5.69 Å². The number of nitrogens with zero attached hydrogens (tertiary/aromatic N) is 3. The van der Waals surface area contributed by atoms with E-state index in [2.05, 4.69) is 11.8 Å². The lowest BCUT2D eigenvalue weighted by atomic mass is 10.1. The number of rotatable bonds is 4. The molecule has 0 saturated carbocycles. The van der Waals surface area contributed by atoms with Gasteiger partial charge in [0.1, 0.15) is 5.02 Å². The maximum Gasteiger partial charge on any atom is 0.287 e. The van der Waals surface area contributed by atoms with Crippen molar-refractivity contribution in [2.24, 2.45) is 0 Å². The molecule has 0 unspecified atom stereocenters. The third-order valence-corrected chi connectivity index (χ3v) is 3.89. The second-order valence-electron chi connectivity index (χ2n) is 5.06. The summed E-state index contributed by atoms with van der Waals surface area (Å²) in [7, 11) is 0. The number of nitro groups is 1. The lowest BCUT2D eigenvalue weighted by Crippen LogP contribution is -2.48. The number of hydrogen-bond acceptors (Lipinski definition) is 4. The molecule has 2 rings (SSSR count). The van der Waals surface area contributed by atoms with E-state index >= 15 is 0 Å². The van der Waals surface area contributed by atoms with Gasteiger partial charge in [0.15, 0.2) is 0 Å². The molecule has 0 aromatic heterocycles. The molecule has 1 fully saturated rings. The molecule has 0 radical (unpaired) electrons. The van der Waals surface area contributed by atoms with E-state index < -0.39 is 4.92 Å². The van der Waals surface area contributed by atoms with Crippen LogP contribution in [-0.4, -0.2) is 53.4 Å². The molecule has 7 heteroatoms. The summed E-state index contributed by atoms with van der Waals surface area (Å²) < 4.78 is 0. The fraction of sp³-hybridized carbons (Fsp3) is 0.500. The second-order valence-corrected chi connectivity index (χ2v) is 5.46. The average Bonchev–Trinajstić information content (AvgIpc) is 2.47. The van der Waals surface area contributed by atoms with E-state index in [1.54, 1.807) is 4.90 Å². The molecule has 1 amide bonds. The standard InChI is InChI=1S/C14H18ClN3O3/c1-2-5-16-6-8-17(9-7-16)14(19)11-3-4-13(18(20)21)12(15)10-11/h3-4,10H,2,5-9H2,1H3. The molecule has 21 heavy (non-hydrogen) atoms. The maximum absolute atomic E-state index is 12.4. The number of halogens is 1. The van der Waals surface area contributed by atoms with Gasteiger partial charge in [-0.1, -0.05) is 18.5 Å². The number of benzene rings is 1. The summed E-state index contributed by atoms with van der Waals surface area (Å²) in [5.74, 6) is -0.122. The molecular formula is C14H18ClN3O3. The topological polar surface area (TPSA) is 66.7 Å². The third kappa shape index (κ3) is 3.71. The van der Waals surface area contributed by atoms with Crippen LogP contribution in [-0.2, 0) is 0 Å². The zero-order chi connectivity index (χ0) is 15.4. The van der Waals surface area contributed by atoms with Gasteiger partial charge in [0.05, 0.1) is 4.92 Å². The Bertz CT molecular complexity index is 542. The van der Waals surface area contributed by atoms with Gasteiger partial charge in [0.25, 0.3) is 11.6 Å². The highest BCUT2D eigenvalue weighted by molar-refractivity contribution is 6.33. The molecule has 1 saturated heterocycles. The van der Waals surface area contributed by atoms with Crippen LogP contribution in [0.1, 0.15) is 23.7 Å². The van der Waals surface area contributed by atoms with Gasteiger partial charge in [-0.15, -0.1) is 0 Å². The van der Waals surface area contributed by atoms with Crippen molar-refractivity contribution in [2.75, 3.05) is 32.7 Å². The first-order chi connectivity index (χ1) is 10.0. The monoisotopic (exact) mass is 311 g/mol. The van der Waals surface area contributed by atoms with Gasteiger partial charge in [-0.05, 0) is 25.1 Å². The van der Waals surface area contributed by atoms with Gasteiger partial charge in [-0.25, -0.2) is 0 Å². The normalized spacial score (nSPS) is 16.0. The number of carbonyl (C=O) groups is 1. The van der Waals surface area contributed by atoms with Crippen molar-refractivity contribution in [3.8, 4) is 0 Å². The van der Waals surface area contributed by atoms with E-state index in [0.717, 1.165) is 26.1 Å². The lowest BCUT2D eigenvalue weighted by Gasteiger charge is -2.34. The zero-order valence-electron chi connectivity index (χ0n) is 11.9. The summed E-state index contributed by atoms with van der Waals surface area (Å²) >= 11 is 5.85. The van der Waals surface area contributed by atoms with Crippen molar-refractivity contribution in [1.82, 2.24) is 9.80 Å². The van der Waals surface area contributed by atoms with Crippen molar-refractivity contribution in [3.63, 3.8) is 0 Å². The summed E-state index contributed by atoms with van der Waals surface area (Å²) in [6.07, 6.45) is 1.10. The Balaban J connectivity index is 2.04. The summed E-state index contributed by atoms with van der Waals surface area (Å²) in [6.45, 7) is 6.25. The quantitative estimate of drug-likeness (QED) is 0.632. The van der Waals surface area contributed by atoms with Crippen LogP contribution in [0.15, 0.2) is 18.2 Å². The Hall–Kier alpha value is -1.66. The SMILES string of the molecule is CCCN1CCN(C(=O)c2ccc([N+](=O)[O-])c(Cl)c2)CC1. The van der Waals surface area contributed by atoms with E-state index in [-0.39, 0.29) is 16.6 Å². The predicted octanol–water partition coefficient (Wildman–Crippen LogP) is 2.42. The van der Waals surface area contributed by atoms with Gasteiger partial charge < -0.3 is 4.90 Å². The molecule has 6 nitrogen and oxygen atoms in total. The molecule has 1 aromatic carbocycles. The van der Waals surface area contributed by atoms with Gasteiger partial charge >= 0.3 is 0 Å². The molecule has 0 spiro atoms. The molecule has 1 aromatic rings. The molecule has 1 aliphatic heterocycles. The minimum atomic E-state index is -0.555. The number of piperazine rings is 1. The summed E-state index contributed by atoms with van der Waals surface area (Å²) in [5.41, 5.74) is 0.218. The van der Waals surface area contributed by atoms with Gasteiger partial charge in [0.2, 0.25) is 0 Å². The Morgan fingerprint density at radius 3 is 2.52 bits per heavy atom. The van der Waals surface area contributed by atoms with Crippen molar-refractivity contribution in [3.05, 3.63) is 38.9 Å². The number of carbonyl (C=O) groups excluding carboxylic acids is 1. The highest BCUT2D eigenvalue weighted by Crippen LogP contribution is 2.25. The molecule has 114 valence electrons.